The SMILES string of the molecule is O=Cc1cccnc1N1CCCS(=O)(=O)CC1. The van der Waals surface area contributed by atoms with Crippen molar-refractivity contribution in [2.24, 2.45) is 0 Å². The lowest BCUT2D eigenvalue weighted by molar-refractivity contribution is 0.112. The maximum atomic E-state index is 11.5. The summed E-state index contributed by atoms with van der Waals surface area (Å²) in [5.41, 5.74) is 0.506. The van der Waals surface area contributed by atoms with Crippen molar-refractivity contribution in [3.05, 3.63) is 23.9 Å². The number of rotatable bonds is 2. The Morgan fingerprint density at radius 2 is 2.12 bits per heavy atom. The molecule has 0 amide bonds. The maximum Gasteiger partial charge on any atom is 0.153 e. The maximum absolute atomic E-state index is 11.5. The van der Waals surface area contributed by atoms with Gasteiger partial charge in [-0.05, 0) is 18.6 Å². The first-order valence-electron chi connectivity index (χ1n) is 5.48. The molecule has 1 aromatic heterocycles. The first-order chi connectivity index (χ1) is 8.12. The number of carbonyl (C=O) groups excluding carboxylic acids is 1. The van der Waals surface area contributed by atoms with Crippen LogP contribution < -0.4 is 4.90 Å². The van der Waals surface area contributed by atoms with Crippen molar-refractivity contribution in [1.29, 1.82) is 0 Å². The van der Waals surface area contributed by atoms with E-state index in [4.69, 9.17) is 0 Å². The number of hydrogen-bond donors (Lipinski definition) is 0. The van der Waals surface area contributed by atoms with E-state index in [1.54, 1.807) is 18.3 Å². The molecule has 0 N–H and O–H groups in total. The summed E-state index contributed by atoms with van der Waals surface area (Å²) in [5.74, 6) is 0.925. The third-order valence-corrected chi connectivity index (χ3v) is 4.51. The third kappa shape index (κ3) is 2.82. The Bertz CT molecular complexity index is 513. The Labute approximate surface area is 100 Å². The molecule has 1 aliphatic rings. The van der Waals surface area contributed by atoms with Gasteiger partial charge in [-0.15, -0.1) is 0 Å². The highest BCUT2D eigenvalue weighted by Gasteiger charge is 2.21. The van der Waals surface area contributed by atoms with Gasteiger partial charge in [0, 0.05) is 19.3 Å². The largest absolute Gasteiger partial charge is 0.355 e. The quantitative estimate of drug-likeness (QED) is 0.720. The van der Waals surface area contributed by atoms with Crippen LogP contribution in [0.2, 0.25) is 0 Å². The van der Waals surface area contributed by atoms with Crippen molar-refractivity contribution in [2.45, 2.75) is 6.42 Å². The highest BCUT2D eigenvalue weighted by molar-refractivity contribution is 7.91. The second kappa shape index (κ2) is 4.83. The first-order valence-corrected chi connectivity index (χ1v) is 7.30. The fraction of sp³-hybridized carbons (Fsp3) is 0.455. The van der Waals surface area contributed by atoms with Gasteiger partial charge in [0.05, 0.1) is 17.1 Å². The number of aromatic nitrogens is 1. The van der Waals surface area contributed by atoms with Gasteiger partial charge in [-0.2, -0.15) is 0 Å². The zero-order chi connectivity index (χ0) is 12.3. The number of nitrogens with zero attached hydrogens (tertiary/aromatic N) is 2. The van der Waals surface area contributed by atoms with E-state index in [1.807, 2.05) is 4.90 Å². The van der Waals surface area contributed by atoms with Gasteiger partial charge in [0.1, 0.15) is 5.82 Å². The van der Waals surface area contributed by atoms with E-state index in [2.05, 4.69) is 4.98 Å². The molecule has 1 saturated heterocycles. The molecule has 2 rings (SSSR count). The summed E-state index contributed by atoms with van der Waals surface area (Å²) in [6.45, 7) is 1.03. The minimum absolute atomic E-state index is 0.127. The van der Waals surface area contributed by atoms with Crippen LogP contribution in [0.25, 0.3) is 0 Å². The first kappa shape index (κ1) is 12.0. The van der Waals surface area contributed by atoms with Crippen molar-refractivity contribution in [3.63, 3.8) is 0 Å². The Kier molecular flexibility index (Phi) is 3.42. The lowest BCUT2D eigenvalue weighted by Crippen LogP contribution is -2.28. The summed E-state index contributed by atoms with van der Waals surface area (Å²) in [7, 11) is -2.94. The number of carbonyl (C=O) groups is 1. The molecule has 17 heavy (non-hydrogen) atoms. The summed E-state index contributed by atoms with van der Waals surface area (Å²) in [4.78, 5) is 16.9. The van der Waals surface area contributed by atoms with Gasteiger partial charge in [0.15, 0.2) is 16.1 Å². The van der Waals surface area contributed by atoms with E-state index >= 15 is 0 Å². The van der Waals surface area contributed by atoms with Crippen LogP contribution in [-0.4, -0.2) is 44.3 Å². The molecule has 0 aromatic carbocycles. The second-order valence-corrected chi connectivity index (χ2v) is 6.33. The van der Waals surface area contributed by atoms with E-state index in [-0.39, 0.29) is 11.5 Å². The third-order valence-electron chi connectivity index (χ3n) is 2.80. The van der Waals surface area contributed by atoms with E-state index < -0.39 is 9.84 Å². The molecule has 0 spiro atoms. The molecule has 0 bridgehead atoms. The summed E-state index contributed by atoms with van der Waals surface area (Å²) in [5, 5.41) is 0. The van der Waals surface area contributed by atoms with Crippen LogP contribution in [0.1, 0.15) is 16.8 Å². The normalized spacial score (nSPS) is 19.6. The van der Waals surface area contributed by atoms with Crippen molar-refractivity contribution in [1.82, 2.24) is 4.98 Å². The van der Waals surface area contributed by atoms with Gasteiger partial charge in [0.2, 0.25) is 0 Å². The Morgan fingerprint density at radius 3 is 2.88 bits per heavy atom. The van der Waals surface area contributed by atoms with Crippen molar-refractivity contribution in [2.75, 3.05) is 29.5 Å². The summed E-state index contributed by atoms with van der Waals surface area (Å²) in [6, 6.07) is 3.39. The van der Waals surface area contributed by atoms with Crippen molar-refractivity contribution in [3.8, 4) is 0 Å². The molecule has 0 unspecified atom stereocenters. The van der Waals surface area contributed by atoms with Crippen LogP contribution in [0, 0.1) is 0 Å². The van der Waals surface area contributed by atoms with Gasteiger partial charge >= 0.3 is 0 Å². The molecule has 5 nitrogen and oxygen atoms in total. The number of sulfone groups is 1. The van der Waals surface area contributed by atoms with E-state index in [1.165, 1.54) is 0 Å². The molecule has 0 atom stereocenters. The molecular formula is C11H14N2O3S. The van der Waals surface area contributed by atoms with Crippen LogP contribution in [0.5, 0.6) is 0 Å². The zero-order valence-corrected chi connectivity index (χ0v) is 10.2. The van der Waals surface area contributed by atoms with Gasteiger partial charge < -0.3 is 4.90 Å². The van der Waals surface area contributed by atoms with Crippen LogP contribution >= 0.6 is 0 Å². The molecule has 1 aromatic rings. The molecular weight excluding hydrogens is 240 g/mol. The molecule has 0 aliphatic carbocycles. The molecule has 2 heterocycles. The van der Waals surface area contributed by atoms with E-state index in [0.717, 1.165) is 6.29 Å². The number of hydrogen-bond acceptors (Lipinski definition) is 5. The van der Waals surface area contributed by atoms with Gasteiger partial charge in [-0.3, -0.25) is 4.79 Å². The summed E-state index contributed by atoms with van der Waals surface area (Å²) < 4.78 is 23.0. The Hall–Kier alpha value is -1.43. The molecule has 1 aliphatic heterocycles. The van der Waals surface area contributed by atoms with Gasteiger partial charge in [-0.1, -0.05) is 0 Å². The zero-order valence-electron chi connectivity index (χ0n) is 9.37. The second-order valence-electron chi connectivity index (χ2n) is 4.03. The lowest BCUT2D eigenvalue weighted by Gasteiger charge is -2.21. The topological polar surface area (TPSA) is 67.3 Å². The Morgan fingerprint density at radius 1 is 1.29 bits per heavy atom. The monoisotopic (exact) mass is 254 g/mol. The number of anilines is 1. The van der Waals surface area contributed by atoms with Gasteiger partial charge in [-0.25, -0.2) is 13.4 Å². The van der Waals surface area contributed by atoms with Crippen LogP contribution in [-0.2, 0) is 9.84 Å². The predicted molar refractivity (Wildman–Crippen MR) is 65.1 cm³/mol. The van der Waals surface area contributed by atoms with Crippen molar-refractivity contribution >= 4 is 21.9 Å². The molecule has 92 valence electrons. The lowest BCUT2D eigenvalue weighted by atomic mass is 10.2. The highest BCUT2D eigenvalue weighted by atomic mass is 32.2. The van der Waals surface area contributed by atoms with Crippen LogP contribution in [0.4, 0.5) is 5.82 Å². The predicted octanol–water partition coefficient (Wildman–Crippen LogP) is 0.519. The van der Waals surface area contributed by atoms with Crippen molar-refractivity contribution < 1.29 is 13.2 Å². The summed E-state index contributed by atoms with van der Waals surface area (Å²) >= 11 is 0. The number of aldehydes is 1. The minimum atomic E-state index is -2.94. The average Bonchev–Trinajstić information content (AvgIpc) is 2.50. The van der Waals surface area contributed by atoms with Gasteiger partial charge in [0.25, 0.3) is 0 Å². The standard InChI is InChI=1S/C11H14N2O3S/c14-9-10-3-1-4-12-11(10)13-5-2-7-17(15,16)8-6-13/h1,3-4,9H,2,5-8H2. The minimum Gasteiger partial charge on any atom is -0.355 e. The molecule has 6 heteroatoms. The number of pyridine rings is 1. The van der Waals surface area contributed by atoms with E-state index in [0.29, 0.717) is 30.9 Å². The van der Waals surface area contributed by atoms with Crippen LogP contribution in [0.3, 0.4) is 0 Å². The summed E-state index contributed by atoms with van der Waals surface area (Å²) in [6.07, 6.45) is 2.95. The van der Waals surface area contributed by atoms with E-state index in [9.17, 15) is 13.2 Å². The van der Waals surface area contributed by atoms with Crippen LogP contribution in [0.15, 0.2) is 18.3 Å². The fourth-order valence-electron chi connectivity index (χ4n) is 1.92. The fourth-order valence-corrected chi connectivity index (χ4v) is 3.19. The Balaban J connectivity index is 2.25. The highest BCUT2D eigenvalue weighted by Crippen LogP contribution is 2.17. The molecule has 0 radical (unpaired) electrons. The smallest absolute Gasteiger partial charge is 0.153 e. The molecule has 1 fully saturated rings. The molecule has 0 saturated carbocycles. The average molecular weight is 254 g/mol.